The van der Waals surface area contributed by atoms with Gasteiger partial charge in [0.25, 0.3) is 0 Å². The summed E-state index contributed by atoms with van der Waals surface area (Å²) < 4.78 is 14.8. The molecule has 0 radical (unpaired) electrons. The van der Waals surface area contributed by atoms with Gasteiger partial charge in [0.1, 0.15) is 5.82 Å². The summed E-state index contributed by atoms with van der Waals surface area (Å²) in [7, 11) is 0. The molecule has 0 fully saturated rings. The number of rotatable bonds is 5. The number of halogens is 1. The van der Waals surface area contributed by atoms with Crippen molar-refractivity contribution in [3.8, 4) is 0 Å². The van der Waals surface area contributed by atoms with Crippen LogP contribution in [0.1, 0.15) is 23.2 Å². The van der Waals surface area contributed by atoms with Gasteiger partial charge in [0.05, 0.1) is 12.2 Å². The van der Waals surface area contributed by atoms with E-state index in [0.717, 1.165) is 29.7 Å². The first-order chi connectivity index (χ1) is 8.69. The van der Waals surface area contributed by atoms with Gasteiger partial charge in [0.15, 0.2) is 0 Å². The highest BCUT2D eigenvalue weighted by atomic mass is 19.1. The minimum Gasteiger partial charge on any atom is -0.330 e. The van der Waals surface area contributed by atoms with Crippen LogP contribution < -0.4 is 5.73 Å². The predicted octanol–water partition coefficient (Wildman–Crippen LogP) is 1.67. The SMILES string of the molecule is Cc1cc(F)ccc1Cn1cc(CCCN)nn1. The number of benzene rings is 1. The van der Waals surface area contributed by atoms with Crippen LogP contribution in [0.2, 0.25) is 0 Å². The van der Waals surface area contributed by atoms with Crippen LogP contribution in [0.25, 0.3) is 0 Å². The second kappa shape index (κ2) is 5.73. The molecule has 0 spiro atoms. The molecule has 1 heterocycles. The molecule has 1 aromatic heterocycles. The van der Waals surface area contributed by atoms with Crippen molar-refractivity contribution < 1.29 is 4.39 Å². The molecule has 96 valence electrons. The van der Waals surface area contributed by atoms with E-state index in [-0.39, 0.29) is 5.82 Å². The molecule has 2 N–H and O–H groups in total. The molecule has 0 saturated heterocycles. The molecule has 18 heavy (non-hydrogen) atoms. The van der Waals surface area contributed by atoms with Crippen LogP contribution in [0.15, 0.2) is 24.4 Å². The van der Waals surface area contributed by atoms with E-state index in [4.69, 9.17) is 5.73 Å². The van der Waals surface area contributed by atoms with E-state index in [1.54, 1.807) is 10.7 Å². The first-order valence-corrected chi connectivity index (χ1v) is 6.03. The van der Waals surface area contributed by atoms with Crippen LogP contribution in [0.4, 0.5) is 4.39 Å². The lowest BCUT2D eigenvalue weighted by molar-refractivity contribution is 0.619. The van der Waals surface area contributed by atoms with Crippen molar-refractivity contribution in [2.45, 2.75) is 26.3 Å². The Morgan fingerprint density at radius 1 is 1.39 bits per heavy atom. The normalized spacial score (nSPS) is 10.8. The molecule has 0 aliphatic rings. The van der Waals surface area contributed by atoms with Gasteiger partial charge >= 0.3 is 0 Å². The molecule has 0 amide bonds. The third-order valence-electron chi connectivity index (χ3n) is 2.86. The van der Waals surface area contributed by atoms with Gasteiger partial charge in [0.2, 0.25) is 0 Å². The Morgan fingerprint density at radius 3 is 2.94 bits per heavy atom. The highest BCUT2D eigenvalue weighted by Gasteiger charge is 2.04. The summed E-state index contributed by atoms with van der Waals surface area (Å²) in [6.07, 6.45) is 3.67. The first-order valence-electron chi connectivity index (χ1n) is 6.03. The Balaban J connectivity index is 2.06. The molecule has 0 bridgehead atoms. The highest BCUT2D eigenvalue weighted by molar-refractivity contribution is 5.26. The second-order valence-corrected chi connectivity index (χ2v) is 4.37. The van der Waals surface area contributed by atoms with Crippen molar-refractivity contribution in [1.82, 2.24) is 15.0 Å². The molecule has 5 heteroatoms. The van der Waals surface area contributed by atoms with E-state index in [9.17, 15) is 4.39 Å². The molecule has 0 unspecified atom stereocenters. The minimum atomic E-state index is -0.210. The fourth-order valence-corrected chi connectivity index (χ4v) is 1.82. The summed E-state index contributed by atoms with van der Waals surface area (Å²) in [5, 5.41) is 8.14. The maximum atomic E-state index is 13.0. The zero-order valence-corrected chi connectivity index (χ0v) is 10.4. The molecule has 2 rings (SSSR count). The first kappa shape index (κ1) is 12.7. The summed E-state index contributed by atoms with van der Waals surface area (Å²) in [6, 6.07) is 4.78. The van der Waals surface area contributed by atoms with E-state index in [0.29, 0.717) is 13.1 Å². The van der Waals surface area contributed by atoms with Gasteiger partial charge < -0.3 is 5.73 Å². The van der Waals surface area contributed by atoms with Crippen molar-refractivity contribution in [2.24, 2.45) is 5.73 Å². The smallest absolute Gasteiger partial charge is 0.123 e. The minimum absolute atomic E-state index is 0.210. The van der Waals surface area contributed by atoms with Crippen molar-refractivity contribution in [3.05, 3.63) is 47.0 Å². The fourth-order valence-electron chi connectivity index (χ4n) is 1.82. The lowest BCUT2D eigenvalue weighted by Crippen LogP contribution is -2.02. The Bertz CT molecular complexity index is 521. The van der Waals surface area contributed by atoms with Gasteiger partial charge in [-0.3, -0.25) is 0 Å². The van der Waals surface area contributed by atoms with Crippen LogP contribution in [0, 0.1) is 12.7 Å². The third kappa shape index (κ3) is 3.13. The third-order valence-corrected chi connectivity index (χ3v) is 2.86. The number of aryl methyl sites for hydroxylation is 2. The molecular weight excluding hydrogens is 231 g/mol. The Labute approximate surface area is 106 Å². The number of hydrogen-bond acceptors (Lipinski definition) is 3. The van der Waals surface area contributed by atoms with Crippen LogP contribution >= 0.6 is 0 Å². The van der Waals surface area contributed by atoms with Gasteiger partial charge in [-0.1, -0.05) is 11.3 Å². The van der Waals surface area contributed by atoms with E-state index in [2.05, 4.69) is 10.3 Å². The predicted molar refractivity (Wildman–Crippen MR) is 67.6 cm³/mol. The highest BCUT2D eigenvalue weighted by Crippen LogP contribution is 2.11. The topological polar surface area (TPSA) is 56.7 Å². The van der Waals surface area contributed by atoms with Crippen molar-refractivity contribution in [1.29, 1.82) is 0 Å². The Morgan fingerprint density at radius 2 is 2.22 bits per heavy atom. The van der Waals surface area contributed by atoms with E-state index < -0.39 is 0 Å². The maximum Gasteiger partial charge on any atom is 0.123 e. The number of hydrogen-bond donors (Lipinski definition) is 1. The molecular formula is C13H17FN4. The number of nitrogens with two attached hydrogens (primary N) is 1. The van der Waals surface area contributed by atoms with Crippen molar-refractivity contribution in [2.75, 3.05) is 6.54 Å². The van der Waals surface area contributed by atoms with Crippen LogP contribution in [-0.2, 0) is 13.0 Å². The molecule has 0 saturated carbocycles. The summed E-state index contributed by atoms with van der Waals surface area (Å²) in [5.74, 6) is -0.210. The average Bonchev–Trinajstić information content (AvgIpc) is 2.78. The molecule has 0 atom stereocenters. The standard InChI is InChI=1S/C13H17FN4/c1-10-7-12(14)5-4-11(10)8-18-9-13(16-17-18)3-2-6-15/h4-5,7,9H,2-3,6,8,15H2,1H3. The molecule has 0 aliphatic carbocycles. The van der Waals surface area contributed by atoms with Gasteiger partial charge in [-0.2, -0.15) is 0 Å². The van der Waals surface area contributed by atoms with E-state index >= 15 is 0 Å². The van der Waals surface area contributed by atoms with Crippen molar-refractivity contribution >= 4 is 0 Å². The molecule has 1 aromatic carbocycles. The summed E-state index contributed by atoms with van der Waals surface area (Å²) in [6.45, 7) is 3.16. The summed E-state index contributed by atoms with van der Waals surface area (Å²) in [5.41, 5.74) is 8.37. The summed E-state index contributed by atoms with van der Waals surface area (Å²) in [4.78, 5) is 0. The van der Waals surface area contributed by atoms with E-state index in [1.165, 1.54) is 12.1 Å². The summed E-state index contributed by atoms with van der Waals surface area (Å²) >= 11 is 0. The lowest BCUT2D eigenvalue weighted by atomic mass is 10.1. The van der Waals surface area contributed by atoms with Crippen molar-refractivity contribution in [3.63, 3.8) is 0 Å². The molecule has 2 aromatic rings. The lowest BCUT2D eigenvalue weighted by Gasteiger charge is -2.05. The van der Waals surface area contributed by atoms with Crippen LogP contribution in [0.5, 0.6) is 0 Å². The van der Waals surface area contributed by atoms with Crippen LogP contribution in [0.3, 0.4) is 0 Å². The maximum absolute atomic E-state index is 13.0. The number of nitrogens with zero attached hydrogens (tertiary/aromatic N) is 3. The molecule has 0 aliphatic heterocycles. The zero-order valence-electron chi connectivity index (χ0n) is 10.4. The fraction of sp³-hybridized carbons (Fsp3) is 0.385. The zero-order chi connectivity index (χ0) is 13.0. The van der Waals surface area contributed by atoms with Gasteiger partial charge in [-0.15, -0.1) is 5.10 Å². The van der Waals surface area contributed by atoms with Crippen LogP contribution in [-0.4, -0.2) is 21.5 Å². The molecule has 4 nitrogen and oxygen atoms in total. The average molecular weight is 248 g/mol. The monoisotopic (exact) mass is 248 g/mol. The van der Waals surface area contributed by atoms with Gasteiger partial charge in [0, 0.05) is 6.20 Å². The van der Waals surface area contributed by atoms with Gasteiger partial charge in [-0.25, -0.2) is 9.07 Å². The second-order valence-electron chi connectivity index (χ2n) is 4.37. The largest absolute Gasteiger partial charge is 0.330 e. The number of aromatic nitrogens is 3. The Hall–Kier alpha value is -1.75. The Kier molecular flexibility index (Phi) is 4.04. The van der Waals surface area contributed by atoms with Gasteiger partial charge in [-0.05, 0) is 49.6 Å². The quantitative estimate of drug-likeness (QED) is 0.875. The van der Waals surface area contributed by atoms with E-state index in [1.807, 2.05) is 13.1 Å².